The zero-order chi connectivity index (χ0) is 24.8. The van der Waals surface area contributed by atoms with Gasteiger partial charge in [0, 0.05) is 46.6 Å². The Balaban J connectivity index is 1.47. The lowest BCUT2D eigenvalue weighted by atomic mass is 9.77. The van der Waals surface area contributed by atoms with Crippen molar-refractivity contribution in [2.45, 2.75) is 135 Å². The highest BCUT2D eigenvalue weighted by molar-refractivity contribution is 5.81. The van der Waals surface area contributed by atoms with Gasteiger partial charge < -0.3 is 21.0 Å². The van der Waals surface area contributed by atoms with Crippen molar-refractivity contribution in [3.8, 4) is 0 Å². The number of nitrogens with one attached hydrogen (secondary N) is 2. The van der Waals surface area contributed by atoms with Gasteiger partial charge in [0.15, 0.2) is 0 Å². The van der Waals surface area contributed by atoms with Crippen molar-refractivity contribution in [1.82, 2.24) is 20.8 Å². The third-order valence-electron chi connectivity index (χ3n) is 8.21. The first-order valence-corrected chi connectivity index (χ1v) is 12.7. The molecule has 3 rings (SSSR count). The van der Waals surface area contributed by atoms with Crippen LogP contribution in [0, 0.1) is 11.8 Å². The standard InChI is InChI=1S/C25H46N4O4/c1-16-12-19(13-23(2,3)28(16)32)26-21(30)17-8-10-18(11-9-17)22(31)27-20-14-24(4,5)29(33)25(6,7)15-20/h16-20,32-33H,8-15H2,1-7H3,(H,26,30)(H,27,31). The van der Waals surface area contributed by atoms with Crippen LogP contribution < -0.4 is 10.6 Å². The van der Waals surface area contributed by atoms with E-state index in [9.17, 15) is 20.0 Å². The van der Waals surface area contributed by atoms with E-state index in [0.717, 1.165) is 38.5 Å². The van der Waals surface area contributed by atoms with Gasteiger partial charge in [-0.1, -0.05) is 0 Å². The molecular formula is C25H46N4O4. The molecule has 8 heteroatoms. The summed E-state index contributed by atoms with van der Waals surface area (Å²) in [7, 11) is 0. The predicted octanol–water partition coefficient (Wildman–Crippen LogP) is 3.46. The van der Waals surface area contributed by atoms with Gasteiger partial charge in [0.1, 0.15) is 0 Å². The highest BCUT2D eigenvalue weighted by atomic mass is 16.5. The maximum atomic E-state index is 13.0. The summed E-state index contributed by atoms with van der Waals surface area (Å²) in [6.07, 6.45) is 5.79. The van der Waals surface area contributed by atoms with Crippen molar-refractivity contribution in [2.24, 2.45) is 11.8 Å². The SMILES string of the molecule is CC1CC(NC(=O)C2CCC(C(=O)NC3CC(C)(C)N(O)C(C)(C)C3)CC2)CC(C)(C)N1O. The fourth-order valence-electron chi connectivity index (χ4n) is 6.63. The van der Waals surface area contributed by atoms with Gasteiger partial charge in [-0.3, -0.25) is 9.59 Å². The van der Waals surface area contributed by atoms with Gasteiger partial charge in [0.2, 0.25) is 11.8 Å². The first-order valence-electron chi connectivity index (χ1n) is 12.7. The topological polar surface area (TPSA) is 105 Å². The molecule has 0 bridgehead atoms. The van der Waals surface area contributed by atoms with Gasteiger partial charge in [-0.2, -0.15) is 10.1 Å². The molecule has 0 aromatic carbocycles. The monoisotopic (exact) mass is 466 g/mol. The molecule has 2 saturated heterocycles. The second-order valence-electron chi connectivity index (χ2n) is 12.8. The Morgan fingerprint density at radius 3 is 1.55 bits per heavy atom. The maximum absolute atomic E-state index is 13.0. The summed E-state index contributed by atoms with van der Waals surface area (Å²) in [5, 5.41) is 30.0. The minimum Gasteiger partial charge on any atom is -0.353 e. The Bertz CT molecular complexity index is 712. The molecule has 2 unspecified atom stereocenters. The van der Waals surface area contributed by atoms with E-state index in [0.29, 0.717) is 12.8 Å². The molecule has 3 fully saturated rings. The molecule has 2 heterocycles. The van der Waals surface area contributed by atoms with Crippen LogP contribution in [-0.2, 0) is 9.59 Å². The van der Waals surface area contributed by atoms with E-state index in [4.69, 9.17) is 0 Å². The lowest BCUT2D eigenvalue weighted by Gasteiger charge is -2.51. The molecule has 2 atom stereocenters. The molecule has 190 valence electrons. The molecule has 3 aliphatic rings. The van der Waals surface area contributed by atoms with Crippen LogP contribution in [0.4, 0.5) is 0 Å². The van der Waals surface area contributed by atoms with Crippen molar-refractivity contribution in [1.29, 1.82) is 0 Å². The van der Waals surface area contributed by atoms with Crippen LogP contribution in [0.2, 0.25) is 0 Å². The molecule has 1 saturated carbocycles. The molecule has 4 N–H and O–H groups in total. The van der Waals surface area contributed by atoms with Crippen LogP contribution in [0.15, 0.2) is 0 Å². The molecule has 0 aromatic heterocycles. The quantitative estimate of drug-likeness (QED) is 0.506. The Labute approximate surface area is 199 Å². The van der Waals surface area contributed by atoms with Gasteiger partial charge in [0.05, 0.1) is 0 Å². The van der Waals surface area contributed by atoms with Crippen molar-refractivity contribution in [3.63, 3.8) is 0 Å². The molecule has 33 heavy (non-hydrogen) atoms. The summed E-state index contributed by atoms with van der Waals surface area (Å²) in [6, 6.07) is 0.108. The number of carbonyl (C=O) groups excluding carboxylic acids is 2. The van der Waals surface area contributed by atoms with Crippen molar-refractivity contribution >= 4 is 11.8 Å². The normalized spacial score (nSPS) is 35.1. The largest absolute Gasteiger partial charge is 0.353 e. The molecule has 1 aliphatic carbocycles. The first kappa shape index (κ1) is 26.4. The maximum Gasteiger partial charge on any atom is 0.223 e. The van der Waals surface area contributed by atoms with Crippen molar-refractivity contribution in [3.05, 3.63) is 0 Å². The minimum absolute atomic E-state index is 0.00568. The zero-order valence-corrected chi connectivity index (χ0v) is 21.6. The van der Waals surface area contributed by atoms with E-state index < -0.39 is 11.1 Å². The van der Waals surface area contributed by atoms with Crippen molar-refractivity contribution < 1.29 is 20.0 Å². The Hall–Kier alpha value is -1.22. The van der Waals surface area contributed by atoms with Crippen LogP contribution >= 0.6 is 0 Å². The lowest BCUT2D eigenvalue weighted by Crippen LogP contribution is -2.63. The Morgan fingerprint density at radius 2 is 1.12 bits per heavy atom. The van der Waals surface area contributed by atoms with E-state index >= 15 is 0 Å². The summed E-state index contributed by atoms with van der Waals surface area (Å²) in [5.74, 6) is 0.0777. The second-order valence-corrected chi connectivity index (χ2v) is 12.8. The van der Waals surface area contributed by atoms with Crippen LogP contribution in [-0.4, -0.2) is 67.1 Å². The summed E-state index contributed by atoms with van der Waals surface area (Å²) >= 11 is 0. The van der Waals surface area contributed by atoms with Gasteiger partial charge >= 0.3 is 0 Å². The molecule has 2 amide bonds. The minimum atomic E-state index is -0.395. The number of carbonyl (C=O) groups is 2. The summed E-state index contributed by atoms with van der Waals surface area (Å²) < 4.78 is 0. The molecule has 0 aromatic rings. The van der Waals surface area contributed by atoms with Gasteiger partial charge in [-0.15, -0.1) is 0 Å². The van der Waals surface area contributed by atoms with Gasteiger partial charge in [-0.05, 0) is 99.8 Å². The highest BCUT2D eigenvalue weighted by Crippen LogP contribution is 2.37. The number of amides is 2. The molecule has 0 radical (unpaired) electrons. The van der Waals surface area contributed by atoms with E-state index in [1.165, 1.54) is 10.1 Å². The van der Waals surface area contributed by atoms with E-state index in [2.05, 4.69) is 10.6 Å². The summed E-state index contributed by atoms with van der Waals surface area (Å²) in [6.45, 7) is 14.0. The molecule has 8 nitrogen and oxygen atoms in total. The smallest absolute Gasteiger partial charge is 0.223 e. The van der Waals surface area contributed by atoms with Gasteiger partial charge in [0.25, 0.3) is 0 Å². The fraction of sp³-hybridized carbons (Fsp3) is 0.920. The highest BCUT2D eigenvalue weighted by Gasteiger charge is 2.46. The predicted molar refractivity (Wildman–Crippen MR) is 127 cm³/mol. The zero-order valence-electron chi connectivity index (χ0n) is 21.6. The summed E-state index contributed by atoms with van der Waals surface area (Å²) in [5.41, 5.74) is -1.15. The fourth-order valence-corrected chi connectivity index (χ4v) is 6.63. The molecule has 2 aliphatic heterocycles. The first-order chi connectivity index (χ1) is 15.1. The number of hydrogen-bond donors (Lipinski definition) is 4. The van der Waals surface area contributed by atoms with E-state index in [1.54, 1.807) is 0 Å². The lowest BCUT2D eigenvalue weighted by molar-refractivity contribution is -0.246. The van der Waals surface area contributed by atoms with Crippen LogP contribution in [0.5, 0.6) is 0 Å². The van der Waals surface area contributed by atoms with Crippen LogP contribution in [0.1, 0.15) is 99.8 Å². The molecule has 0 spiro atoms. The average Bonchev–Trinajstić information content (AvgIpc) is 2.69. The van der Waals surface area contributed by atoms with E-state index in [1.807, 2.05) is 48.5 Å². The summed E-state index contributed by atoms with van der Waals surface area (Å²) in [4.78, 5) is 25.9. The number of piperidine rings is 2. The van der Waals surface area contributed by atoms with Crippen molar-refractivity contribution in [2.75, 3.05) is 0 Å². The number of rotatable bonds is 4. The number of hydrogen-bond acceptors (Lipinski definition) is 6. The Kier molecular flexibility index (Phi) is 7.55. The Morgan fingerprint density at radius 1 is 0.727 bits per heavy atom. The van der Waals surface area contributed by atoms with E-state index in [-0.39, 0.29) is 47.3 Å². The third kappa shape index (κ3) is 5.89. The number of hydroxylamine groups is 4. The molecular weight excluding hydrogens is 420 g/mol. The third-order valence-corrected chi connectivity index (χ3v) is 8.21. The second kappa shape index (κ2) is 9.44. The van der Waals surface area contributed by atoms with Gasteiger partial charge in [-0.25, -0.2) is 0 Å². The van der Waals surface area contributed by atoms with Crippen LogP contribution in [0.3, 0.4) is 0 Å². The van der Waals surface area contributed by atoms with Crippen LogP contribution in [0.25, 0.3) is 0 Å². The number of nitrogens with zero attached hydrogens (tertiary/aromatic N) is 2. The average molecular weight is 467 g/mol.